The SMILES string of the molecule is NC[C@H](N)CC1=Cc2c(Cl)cccc2CC1. The third-order valence-electron chi connectivity index (χ3n) is 3.03. The highest BCUT2D eigenvalue weighted by molar-refractivity contribution is 6.32. The fourth-order valence-corrected chi connectivity index (χ4v) is 2.36. The Morgan fingerprint density at radius 3 is 2.88 bits per heavy atom. The molecule has 1 aliphatic carbocycles. The minimum atomic E-state index is 0.0651. The topological polar surface area (TPSA) is 52.0 Å². The average Bonchev–Trinajstić information content (AvgIpc) is 2.30. The summed E-state index contributed by atoms with van der Waals surface area (Å²) in [5.41, 5.74) is 15.3. The van der Waals surface area contributed by atoms with Crippen LogP contribution in [0.4, 0.5) is 0 Å². The second-order valence-corrected chi connectivity index (χ2v) is 4.72. The molecule has 2 rings (SSSR count). The van der Waals surface area contributed by atoms with Crippen LogP contribution in [0.2, 0.25) is 5.02 Å². The van der Waals surface area contributed by atoms with Gasteiger partial charge in [-0.1, -0.05) is 35.4 Å². The summed E-state index contributed by atoms with van der Waals surface area (Å²) in [6.45, 7) is 0.534. The highest BCUT2D eigenvalue weighted by atomic mass is 35.5. The van der Waals surface area contributed by atoms with Gasteiger partial charge in [-0.25, -0.2) is 0 Å². The predicted octanol–water partition coefficient (Wildman–Crippen LogP) is 2.35. The van der Waals surface area contributed by atoms with E-state index in [4.69, 9.17) is 23.1 Å². The van der Waals surface area contributed by atoms with Crippen molar-refractivity contribution >= 4 is 17.7 Å². The molecule has 0 bridgehead atoms. The van der Waals surface area contributed by atoms with Gasteiger partial charge >= 0.3 is 0 Å². The van der Waals surface area contributed by atoms with E-state index in [1.165, 1.54) is 11.1 Å². The Kier molecular flexibility index (Phi) is 3.64. The lowest BCUT2D eigenvalue weighted by Gasteiger charge is -2.19. The molecule has 0 radical (unpaired) electrons. The predicted molar refractivity (Wildman–Crippen MR) is 69.4 cm³/mol. The lowest BCUT2D eigenvalue weighted by atomic mass is 9.89. The van der Waals surface area contributed by atoms with Crippen molar-refractivity contribution in [3.8, 4) is 0 Å². The minimum Gasteiger partial charge on any atom is -0.329 e. The molecule has 0 aromatic heterocycles. The van der Waals surface area contributed by atoms with Gasteiger partial charge in [0.25, 0.3) is 0 Å². The fourth-order valence-electron chi connectivity index (χ4n) is 2.11. The molecule has 2 nitrogen and oxygen atoms in total. The second-order valence-electron chi connectivity index (χ2n) is 4.32. The fraction of sp³-hybridized carbons (Fsp3) is 0.385. The smallest absolute Gasteiger partial charge is 0.0481 e. The number of benzene rings is 1. The molecule has 0 heterocycles. The Balaban J connectivity index is 2.23. The lowest BCUT2D eigenvalue weighted by molar-refractivity contribution is 0.656. The summed E-state index contributed by atoms with van der Waals surface area (Å²) in [5, 5.41) is 0.830. The van der Waals surface area contributed by atoms with Crippen molar-refractivity contribution in [1.82, 2.24) is 0 Å². The number of halogens is 1. The summed E-state index contributed by atoms with van der Waals surface area (Å²) in [4.78, 5) is 0. The molecule has 86 valence electrons. The normalized spacial score (nSPS) is 16.6. The van der Waals surface area contributed by atoms with Crippen molar-refractivity contribution in [1.29, 1.82) is 0 Å². The van der Waals surface area contributed by atoms with Gasteiger partial charge in [-0.15, -0.1) is 0 Å². The monoisotopic (exact) mass is 236 g/mol. The van der Waals surface area contributed by atoms with Crippen molar-refractivity contribution in [3.05, 3.63) is 39.9 Å². The number of hydrogen-bond donors (Lipinski definition) is 2. The van der Waals surface area contributed by atoms with E-state index in [-0.39, 0.29) is 6.04 Å². The zero-order valence-corrected chi connectivity index (χ0v) is 10.0. The number of aryl methyl sites for hydroxylation is 1. The van der Waals surface area contributed by atoms with Crippen LogP contribution in [0, 0.1) is 0 Å². The quantitative estimate of drug-likeness (QED) is 0.847. The van der Waals surface area contributed by atoms with E-state index in [1.54, 1.807) is 0 Å². The van der Waals surface area contributed by atoms with Crippen LogP contribution in [0.25, 0.3) is 6.08 Å². The maximum absolute atomic E-state index is 6.18. The van der Waals surface area contributed by atoms with Crippen molar-refractivity contribution in [2.75, 3.05) is 6.54 Å². The summed E-state index contributed by atoms with van der Waals surface area (Å²) in [6, 6.07) is 6.14. The maximum Gasteiger partial charge on any atom is 0.0481 e. The highest BCUT2D eigenvalue weighted by Gasteiger charge is 2.14. The Bertz CT molecular complexity index is 412. The van der Waals surface area contributed by atoms with Crippen LogP contribution in [-0.4, -0.2) is 12.6 Å². The second kappa shape index (κ2) is 5.00. The van der Waals surface area contributed by atoms with Crippen molar-refractivity contribution in [2.45, 2.75) is 25.3 Å². The Labute approximate surface area is 101 Å². The number of fused-ring (bicyclic) bond motifs is 1. The molecule has 1 aliphatic rings. The van der Waals surface area contributed by atoms with Gasteiger partial charge in [-0.05, 0) is 36.5 Å². The van der Waals surface area contributed by atoms with Crippen LogP contribution >= 0.6 is 11.6 Å². The molecule has 0 saturated carbocycles. The molecule has 1 aromatic rings. The zero-order chi connectivity index (χ0) is 11.5. The molecular weight excluding hydrogens is 220 g/mol. The van der Waals surface area contributed by atoms with Crippen LogP contribution in [0.3, 0.4) is 0 Å². The van der Waals surface area contributed by atoms with Crippen LogP contribution in [0.5, 0.6) is 0 Å². The Morgan fingerprint density at radius 1 is 1.31 bits per heavy atom. The number of nitrogens with two attached hydrogens (primary N) is 2. The van der Waals surface area contributed by atoms with Crippen LogP contribution in [-0.2, 0) is 6.42 Å². The van der Waals surface area contributed by atoms with Crippen LogP contribution in [0.1, 0.15) is 24.0 Å². The molecule has 16 heavy (non-hydrogen) atoms. The van der Waals surface area contributed by atoms with Gasteiger partial charge in [-0.3, -0.25) is 0 Å². The summed E-state index contributed by atoms with van der Waals surface area (Å²) in [6.07, 6.45) is 5.18. The third kappa shape index (κ3) is 2.46. The molecule has 0 saturated heterocycles. The first-order valence-corrected chi connectivity index (χ1v) is 6.01. The first-order valence-electron chi connectivity index (χ1n) is 5.63. The molecular formula is C13H17ClN2. The van der Waals surface area contributed by atoms with Gasteiger partial charge in [0.05, 0.1) is 0 Å². The number of hydrogen-bond acceptors (Lipinski definition) is 2. The van der Waals surface area contributed by atoms with Crippen LogP contribution in [0.15, 0.2) is 23.8 Å². The van der Waals surface area contributed by atoms with Gasteiger partial charge in [0.2, 0.25) is 0 Å². The maximum atomic E-state index is 6.18. The van der Waals surface area contributed by atoms with Gasteiger partial charge in [0, 0.05) is 17.6 Å². The summed E-state index contributed by atoms with van der Waals surface area (Å²) >= 11 is 6.18. The largest absolute Gasteiger partial charge is 0.329 e. The van der Waals surface area contributed by atoms with Gasteiger partial charge in [0.15, 0.2) is 0 Å². The zero-order valence-electron chi connectivity index (χ0n) is 9.25. The average molecular weight is 237 g/mol. The molecule has 3 heteroatoms. The minimum absolute atomic E-state index is 0.0651. The van der Waals surface area contributed by atoms with Gasteiger partial charge in [-0.2, -0.15) is 0 Å². The van der Waals surface area contributed by atoms with E-state index in [2.05, 4.69) is 12.1 Å². The molecule has 1 atom stereocenters. The van der Waals surface area contributed by atoms with Gasteiger partial charge in [0.1, 0.15) is 0 Å². The molecule has 0 aliphatic heterocycles. The summed E-state index contributed by atoms with van der Waals surface area (Å²) in [7, 11) is 0. The summed E-state index contributed by atoms with van der Waals surface area (Å²) < 4.78 is 0. The highest BCUT2D eigenvalue weighted by Crippen LogP contribution is 2.30. The van der Waals surface area contributed by atoms with Crippen molar-refractivity contribution in [3.63, 3.8) is 0 Å². The van der Waals surface area contributed by atoms with Gasteiger partial charge < -0.3 is 11.5 Å². The van der Waals surface area contributed by atoms with E-state index < -0.39 is 0 Å². The van der Waals surface area contributed by atoms with Crippen molar-refractivity contribution in [2.24, 2.45) is 11.5 Å². The molecule has 4 N–H and O–H groups in total. The molecule has 0 fully saturated rings. The Morgan fingerprint density at radius 2 is 2.12 bits per heavy atom. The number of rotatable bonds is 3. The third-order valence-corrected chi connectivity index (χ3v) is 3.36. The lowest BCUT2D eigenvalue weighted by Crippen LogP contribution is -2.30. The van der Waals surface area contributed by atoms with E-state index in [0.29, 0.717) is 6.54 Å². The van der Waals surface area contributed by atoms with Crippen LogP contribution < -0.4 is 11.5 Å². The Hall–Kier alpha value is -0.830. The first-order chi connectivity index (χ1) is 7.70. The molecule has 0 amide bonds. The standard InChI is InChI=1S/C13H17ClN2/c14-13-3-1-2-10-5-4-9(7-12(10)13)6-11(16)8-15/h1-3,7,11H,4-6,8,15-16H2/t11-/m1/s1. The molecule has 1 aromatic carbocycles. The molecule has 0 unspecified atom stereocenters. The van der Waals surface area contributed by atoms with E-state index in [1.807, 2.05) is 12.1 Å². The molecule has 0 spiro atoms. The van der Waals surface area contributed by atoms with Crippen molar-refractivity contribution < 1.29 is 0 Å². The van der Waals surface area contributed by atoms with E-state index in [9.17, 15) is 0 Å². The first kappa shape index (κ1) is 11.6. The summed E-state index contributed by atoms with van der Waals surface area (Å²) in [5.74, 6) is 0. The van der Waals surface area contributed by atoms with E-state index >= 15 is 0 Å². The van der Waals surface area contributed by atoms with E-state index in [0.717, 1.165) is 29.8 Å².